The molecule has 0 spiro atoms. The second-order valence-corrected chi connectivity index (χ2v) is 3.77. The van der Waals surface area contributed by atoms with Crippen LogP contribution in [0.3, 0.4) is 0 Å². The van der Waals surface area contributed by atoms with Crippen LogP contribution >= 0.6 is 11.6 Å². The van der Waals surface area contributed by atoms with Crippen LogP contribution in [0.1, 0.15) is 5.56 Å². The minimum atomic E-state index is -0.0138. The Morgan fingerprint density at radius 3 is 2.50 bits per heavy atom. The number of para-hydroxylation sites is 1. The highest BCUT2D eigenvalue weighted by atomic mass is 35.5. The van der Waals surface area contributed by atoms with Gasteiger partial charge in [-0.05, 0) is 17.7 Å². The Morgan fingerprint density at radius 1 is 1.00 bits per heavy atom. The summed E-state index contributed by atoms with van der Waals surface area (Å²) in [7, 11) is 0. The van der Waals surface area contributed by atoms with E-state index in [1.165, 1.54) is 0 Å². The zero-order chi connectivity index (χ0) is 11.4. The summed E-state index contributed by atoms with van der Waals surface area (Å²) in [5.41, 5.74) is 1.04. The number of hydrogen-bond acceptors (Lipinski definition) is 2. The van der Waals surface area contributed by atoms with E-state index >= 15 is 0 Å². The van der Waals surface area contributed by atoms with Crippen molar-refractivity contribution in [1.29, 1.82) is 0 Å². The Kier molecular flexibility index (Phi) is 3.32. The molecule has 82 valence electrons. The monoisotopic (exact) mass is 234 g/mol. The van der Waals surface area contributed by atoms with Crippen LogP contribution in [0.5, 0.6) is 11.5 Å². The van der Waals surface area contributed by atoms with Gasteiger partial charge in [0.05, 0.1) is 5.02 Å². The standard InChI is InChI=1S/C13H11ClO2/c14-11-7-4-8-12(13(11)15)16-9-10-5-2-1-3-6-10/h1-8,15H,9H2. The Labute approximate surface area is 99.1 Å². The molecular formula is C13H11ClO2. The van der Waals surface area contributed by atoms with Crippen molar-refractivity contribution in [2.24, 2.45) is 0 Å². The Bertz CT molecular complexity index is 469. The highest BCUT2D eigenvalue weighted by Crippen LogP contribution is 2.33. The van der Waals surface area contributed by atoms with Crippen LogP contribution in [0.2, 0.25) is 5.02 Å². The van der Waals surface area contributed by atoms with Crippen molar-refractivity contribution in [2.75, 3.05) is 0 Å². The van der Waals surface area contributed by atoms with Gasteiger partial charge in [-0.3, -0.25) is 0 Å². The summed E-state index contributed by atoms with van der Waals surface area (Å²) in [5, 5.41) is 9.92. The predicted molar refractivity (Wildman–Crippen MR) is 63.9 cm³/mol. The number of phenolic OH excluding ortho intramolecular Hbond substituents is 1. The van der Waals surface area contributed by atoms with Crippen molar-refractivity contribution >= 4 is 11.6 Å². The molecule has 16 heavy (non-hydrogen) atoms. The summed E-state index contributed by atoms with van der Waals surface area (Å²) < 4.78 is 5.47. The van der Waals surface area contributed by atoms with Crippen molar-refractivity contribution in [3.8, 4) is 11.5 Å². The van der Waals surface area contributed by atoms with Gasteiger partial charge in [0.2, 0.25) is 0 Å². The second-order valence-electron chi connectivity index (χ2n) is 3.36. The molecule has 2 aromatic carbocycles. The smallest absolute Gasteiger partial charge is 0.176 e. The molecule has 0 bridgehead atoms. The molecule has 0 unspecified atom stereocenters. The molecule has 0 amide bonds. The van der Waals surface area contributed by atoms with E-state index in [4.69, 9.17) is 16.3 Å². The average Bonchev–Trinajstić information content (AvgIpc) is 2.32. The van der Waals surface area contributed by atoms with Crippen LogP contribution in [0, 0.1) is 0 Å². The maximum Gasteiger partial charge on any atom is 0.176 e. The van der Waals surface area contributed by atoms with Crippen LogP contribution in [0.15, 0.2) is 48.5 Å². The number of hydrogen-bond donors (Lipinski definition) is 1. The summed E-state index contributed by atoms with van der Waals surface area (Å²) in [6.07, 6.45) is 0. The van der Waals surface area contributed by atoms with Gasteiger partial charge in [-0.1, -0.05) is 48.0 Å². The molecule has 0 atom stereocenters. The van der Waals surface area contributed by atoms with Crippen LogP contribution in [-0.2, 0) is 6.61 Å². The highest BCUT2D eigenvalue weighted by molar-refractivity contribution is 6.32. The fourth-order valence-corrected chi connectivity index (χ4v) is 1.51. The first-order valence-electron chi connectivity index (χ1n) is 4.91. The van der Waals surface area contributed by atoms with Gasteiger partial charge in [-0.25, -0.2) is 0 Å². The maximum atomic E-state index is 9.62. The molecule has 0 saturated carbocycles. The largest absolute Gasteiger partial charge is 0.503 e. The molecule has 0 aromatic heterocycles. The summed E-state index contributed by atoms with van der Waals surface area (Å²) >= 11 is 5.77. The summed E-state index contributed by atoms with van der Waals surface area (Å²) in [6.45, 7) is 0.411. The first kappa shape index (κ1) is 10.8. The third kappa shape index (κ3) is 2.47. The Balaban J connectivity index is 2.08. The third-order valence-corrected chi connectivity index (χ3v) is 2.49. The van der Waals surface area contributed by atoms with E-state index in [2.05, 4.69) is 0 Å². The van der Waals surface area contributed by atoms with E-state index < -0.39 is 0 Å². The van der Waals surface area contributed by atoms with Crippen molar-refractivity contribution in [3.63, 3.8) is 0 Å². The molecule has 2 aromatic rings. The van der Waals surface area contributed by atoms with E-state index in [1.54, 1.807) is 18.2 Å². The molecule has 0 fully saturated rings. The summed E-state index contributed by atoms with van der Waals surface area (Å²) in [6, 6.07) is 14.8. The molecule has 3 heteroatoms. The second kappa shape index (κ2) is 4.90. The van der Waals surface area contributed by atoms with Crippen LogP contribution in [0.25, 0.3) is 0 Å². The van der Waals surface area contributed by atoms with Gasteiger partial charge in [-0.15, -0.1) is 0 Å². The summed E-state index contributed by atoms with van der Waals surface area (Å²) in [5.74, 6) is 0.386. The number of phenols is 1. The van der Waals surface area contributed by atoms with E-state index in [0.717, 1.165) is 5.56 Å². The predicted octanol–water partition coefficient (Wildman–Crippen LogP) is 3.62. The topological polar surface area (TPSA) is 29.5 Å². The molecule has 2 nitrogen and oxygen atoms in total. The van der Waals surface area contributed by atoms with Gasteiger partial charge in [-0.2, -0.15) is 0 Å². The molecule has 2 rings (SSSR count). The molecule has 0 aliphatic heterocycles. The molecule has 0 heterocycles. The summed E-state index contributed by atoms with van der Waals surface area (Å²) in [4.78, 5) is 0. The molecule has 0 radical (unpaired) electrons. The van der Waals surface area contributed by atoms with Gasteiger partial charge in [0.15, 0.2) is 11.5 Å². The van der Waals surface area contributed by atoms with Gasteiger partial charge >= 0.3 is 0 Å². The van der Waals surface area contributed by atoms with E-state index in [0.29, 0.717) is 17.4 Å². The van der Waals surface area contributed by atoms with Gasteiger partial charge in [0.25, 0.3) is 0 Å². The molecule has 0 saturated heterocycles. The lowest BCUT2D eigenvalue weighted by Crippen LogP contribution is -1.95. The van der Waals surface area contributed by atoms with Gasteiger partial charge in [0.1, 0.15) is 6.61 Å². The molecule has 1 N–H and O–H groups in total. The van der Waals surface area contributed by atoms with Crippen LogP contribution in [-0.4, -0.2) is 5.11 Å². The zero-order valence-corrected chi connectivity index (χ0v) is 9.32. The lowest BCUT2D eigenvalue weighted by atomic mass is 10.2. The molecular weight excluding hydrogens is 224 g/mol. The molecule has 0 aliphatic carbocycles. The van der Waals surface area contributed by atoms with Crippen LogP contribution in [0.4, 0.5) is 0 Å². The number of halogens is 1. The van der Waals surface area contributed by atoms with Crippen molar-refractivity contribution in [2.45, 2.75) is 6.61 Å². The lowest BCUT2D eigenvalue weighted by molar-refractivity contribution is 0.289. The van der Waals surface area contributed by atoms with Crippen molar-refractivity contribution in [1.82, 2.24) is 0 Å². The van der Waals surface area contributed by atoms with Gasteiger partial charge in [0, 0.05) is 0 Å². The zero-order valence-electron chi connectivity index (χ0n) is 8.56. The van der Waals surface area contributed by atoms with Crippen LogP contribution < -0.4 is 4.74 Å². The van der Waals surface area contributed by atoms with Crippen molar-refractivity contribution < 1.29 is 9.84 Å². The first-order valence-corrected chi connectivity index (χ1v) is 5.29. The minimum absolute atomic E-state index is 0.0138. The van der Waals surface area contributed by atoms with E-state index in [1.807, 2.05) is 30.3 Å². The first-order chi connectivity index (χ1) is 7.77. The number of benzene rings is 2. The quantitative estimate of drug-likeness (QED) is 0.879. The fraction of sp³-hybridized carbons (Fsp3) is 0.0769. The number of rotatable bonds is 3. The Morgan fingerprint density at radius 2 is 1.75 bits per heavy atom. The minimum Gasteiger partial charge on any atom is -0.503 e. The third-order valence-electron chi connectivity index (χ3n) is 2.19. The number of ether oxygens (including phenoxy) is 1. The van der Waals surface area contributed by atoms with E-state index in [-0.39, 0.29) is 5.75 Å². The molecule has 0 aliphatic rings. The SMILES string of the molecule is Oc1c(Cl)cccc1OCc1ccccc1. The number of aromatic hydroxyl groups is 1. The fourth-order valence-electron chi connectivity index (χ4n) is 1.35. The lowest BCUT2D eigenvalue weighted by Gasteiger charge is -2.08. The van der Waals surface area contributed by atoms with Crippen molar-refractivity contribution in [3.05, 3.63) is 59.1 Å². The Hall–Kier alpha value is -1.67. The average molecular weight is 235 g/mol. The normalized spacial score (nSPS) is 10.1. The maximum absolute atomic E-state index is 9.62. The highest BCUT2D eigenvalue weighted by Gasteiger charge is 2.05. The van der Waals surface area contributed by atoms with Gasteiger partial charge < -0.3 is 9.84 Å². The van der Waals surface area contributed by atoms with E-state index in [9.17, 15) is 5.11 Å².